The van der Waals surface area contributed by atoms with Gasteiger partial charge < -0.3 is 5.11 Å². The molecule has 0 unspecified atom stereocenters. The van der Waals surface area contributed by atoms with Crippen molar-refractivity contribution in [2.45, 2.75) is 0 Å². The second kappa shape index (κ2) is 3.16. The minimum absolute atomic E-state index is 0.196. The molecule has 2 nitrogen and oxygen atoms in total. The molecular weight excluding hydrogens is 253 g/mol. The third-order valence-electron chi connectivity index (χ3n) is 1.82. The summed E-state index contributed by atoms with van der Waals surface area (Å²) >= 11 is 9.07. The third-order valence-corrected chi connectivity index (χ3v) is 2.76. The molecule has 0 spiro atoms. The first kappa shape index (κ1) is 8.78. The van der Waals surface area contributed by atoms with Crippen molar-refractivity contribution in [1.29, 1.82) is 0 Å². The van der Waals surface area contributed by atoms with Gasteiger partial charge in [-0.05, 0) is 34.1 Å². The van der Waals surface area contributed by atoms with Crippen molar-refractivity contribution in [1.82, 2.24) is 4.98 Å². The van der Waals surface area contributed by atoms with Gasteiger partial charge in [0.05, 0.1) is 4.47 Å². The minimum Gasteiger partial charge on any atom is -0.506 e. The standard InChI is InChI=1S/C9H5BrClNO/c10-7-2-1-6-5(8(7)13)3-4-12-9(6)11/h1-4,13H. The Hall–Kier alpha value is -0.800. The van der Waals surface area contributed by atoms with Gasteiger partial charge in [0.15, 0.2) is 0 Å². The molecule has 1 heterocycles. The van der Waals surface area contributed by atoms with Crippen LogP contribution < -0.4 is 0 Å². The number of rotatable bonds is 0. The number of phenols is 1. The second-order valence-electron chi connectivity index (χ2n) is 2.59. The molecule has 1 aromatic heterocycles. The van der Waals surface area contributed by atoms with Crippen molar-refractivity contribution in [2.24, 2.45) is 0 Å². The van der Waals surface area contributed by atoms with Crippen LogP contribution in [0.2, 0.25) is 5.15 Å². The van der Waals surface area contributed by atoms with Crippen molar-refractivity contribution in [3.8, 4) is 5.75 Å². The van der Waals surface area contributed by atoms with E-state index in [2.05, 4.69) is 20.9 Å². The van der Waals surface area contributed by atoms with Crippen molar-refractivity contribution in [3.63, 3.8) is 0 Å². The summed E-state index contributed by atoms with van der Waals surface area (Å²) in [5, 5.41) is 11.5. The second-order valence-corrected chi connectivity index (χ2v) is 3.81. The maximum atomic E-state index is 9.65. The molecule has 2 rings (SSSR count). The molecule has 0 bridgehead atoms. The molecule has 0 aliphatic rings. The van der Waals surface area contributed by atoms with Crippen LogP contribution >= 0.6 is 27.5 Å². The summed E-state index contributed by atoms with van der Waals surface area (Å²) in [7, 11) is 0. The van der Waals surface area contributed by atoms with Crippen molar-refractivity contribution in [3.05, 3.63) is 34.0 Å². The van der Waals surface area contributed by atoms with E-state index in [1.54, 1.807) is 18.3 Å². The molecule has 66 valence electrons. The quantitative estimate of drug-likeness (QED) is 0.735. The molecule has 0 aliphatic carbocycles. The van der Waals surface area contributed by atoms with Gasteiger partial charge in [-0.3, -0.25) is 0 Å². The zero-order chi connectivity index (χ0) is 9.42. The number of halogens is 2. The highest BCUT2D eigenvalue weighted by molar-refractivity contribution is 9.10. The number of pyridine rings is 1. The molecule has 0 atom stereocenters. The van der Waals surface area contributed by atoms with Crippen LogP contribution in [-0.4, -0.2) is 10.1 Å². The maximum absolute atomic E-state index is 9.65. The largest absolute Gasteiger partial charge is 0.506 e. The highest BCUT2D eigenvalue weighted by atomic mass is 79.9. The van der Waals surface area contributed by atoms with Gasteiger partial charge in [-0.1, -0.05) is 11.6 Å². The zero-order valence-corrected chi connectivity index (χ0v) is 8.80. The Morgan fingerprint density at radius 3 is 2.77 bits per heavy atom. The maximum Gasteiger partial charge on any atom is 0.137 e. The van der Waals surface area contributed by atoms with E-state index in [4.69, 9.17) is 11.6 Å². The summed E-state index contributed by atoms with van der Waals surface area (Å²) in [6.45, 7) is 0. The molecule has 0 saturated heterocycles. The topological polar surface area (TPSA) is 33.1 Å². The van der Waals surface area contributed by atoms with Gasteiger partial charge in [-0.2, -0.15) is 0 Å². The SMILES string of the molecule is Oc1c(Br)ccc2c(Cl)nccc12. The Labute approximate surface area is 88.3 Å². The van der Waals surface area contributed by atoms with Gasteiger partial charge in [0.1, 0.15) is 10.9 Å². The first-order valence-corrected chi connectivity index (χ1v) is 4.79. The third kappa shape index (κ3) is 1.38. The van der Waals surface area contributed by atoms with E-state index >= 15 is 0 Å². The molecule has 0 saturated carbocycles. The highest BCUT2D eigenvalue weighted by Gasteiger charge is 2.06. The molecule has 1 aromatic carbocycles. The lowest BCUT2D eigenvalue weighted by Gasteiger charge is -2.03. The predicted octanol–water partition coefficient (Wildman–Crippen LogP) is 3.36. The molecule has 2 aromatic rings. The van der Waals surface area contributed by atoms with Crippen LogP contribution in [0.3, 0.4) is 0 Å². The number of aromatic hydroxyl groups is 1. The lowest BCUT2D eigenvalue weighted by Crippen LogP contribution is -1.79. The number of hydrogen-bond donors (Lipinski definition) is 1. The normalized spacial score (nSPS) is 10.6. The van der Waals surface area contributed by atoms with E-state index in [-0.39, 0.29) is 5.75 Å². The van der Waals surface area contributed by atoms with E-state index < -0.39 is 0 Å². The van der Waals surface area contributed by atoms with Crippen LogP contribution in [0.15, 0.2) is 28.9 Å². The Morgan fingerprint density at radius 2 is 2.00 bits per heavy atom. The summed E-state index contributed by atoms with van der Waals surface area (Å²) in [6.07, 6.45) is 1.57. The first-order valence-electron chi connectivity index (χ1n) is 3.62. The van der Waals surface area contributed by atoms with Crippen LogP contribution in [-0.2, 0) is 0 Å². The van der Waals surface area contributed by atoms with Crippen LogP contribution in [0.4, 0.5) is 0 Å². The fourth-order valence-electron chi connectivity index (χ4n) is 1.18. The minimum atomic E-state index is 0.196. The van der Waals surface area contributed by atoms with Crippen LogP contribution in [0, 0.1) is 0 Å². The molecular formula is C9H5BrClNO. The summed E-state index contributed by atoms with van der Waals surface area (Å²) < 4.78 is 0.655. The van der Waals surface area contributed by atoms with Crippen LogP contribution in [0.1, 0.15) is 0 Å². The van der Waals surface area contributed by atoms with E-state index in [0.717, 1.165) is 5.39 Å². The lowest BCUT2D eigenvalue weighted by atomic mass is 10.1. The molecule has 4 heteroatoms. The van der Waals surface area contributed by atoms with E-state index in [1.165, 1.54) is 0 Å². The Kier molecular flexibility index (Phi) is 2.14. The van der Waals surface area contributed by atoms with Crippen LogP contribution in [0.5, 0.6) is 5.75 Å². The summed E-state index contributed by atoms with van der Waals surface area (Å²) in [5.41, 5.74) is 0. The molecule has 0 amide bonds. The summed E-state index contributed by atoms with van der Waals surface area (Å²) in [4.78, 5) is 3.92. The number of hydrogen-bond acceptors (Lipinski definition) is 2. The molecule has 0 fully saturated rings. The van der Waals surface area contributed by atoms with Gasteiger partial charge >= 0.3 is 0 Å². The Balaban J connectivity index is 2.94. The fourth-order valence-corrected chi connectivity index (χ4v) is 1.74. The van der Waals surface area contributed by atoms with E-state index in [1.807, 2.05) is 6.07 Å². The van der Waals surface area contributed by atoms with Gasteiger partial charge in [0.2, 0.25) is 0 Å². The van der Waals surface area contributed by atoms with Gasteiger partial charge in [0.25, 0.3) is 0 Å². The van der Waals surface area contributed by atoms with Crippen LogP contribution in [0.25, 0.3) is 10.8 Å². The zero-order valence-electron chi connectivity index (χ0n) is 6.46. The average Bonchev–Trinajstić information content (AvgIpc) is 2.12. The average molecular weight is 259 g/mol. The molecule has 13 heavy (non-hydrogen) atoms. The Bertz CT molecular complexity index is 472. The molecule has 0 radical (unpaired) electrons. The fraction of sp³-hybridized carbons (Fsp3) is 0. The number of aromatic nitrogens is 1. The monoisotopic (exact) mass is 257 g/mol. The Morgan fingerprint density at radius 1 is 1.23 bits per heavy atom. The van der Waals surface area contributed by atoms with E-state index in [9.17, 15) is 5.11 Å². The summed E-state index contributed by atoms with van der Waals surface area (Å²) in [6, 6.07) is 5.28. The number of nitrogens with zero attached hydrogens (tertiary/aromatic N) is 1. The first-order chi connectivity index (χ1) is 6.20. The van der Waals surface area contributed by atoms with Gasteiger partial charge in [0, 0.05) is 17.0 Å². The van der Waals surface area contributed by atoms with Crippen molar-refractivity contribution in [2.75, 3.05) is 0 Å². The smallest absolute Gasteiger partial charge is 0.137 e. The number of fused-ring (bicyclic) bond motifs is 1. The summed E-state index contributed by atoms with van der Waals surface area (Å²) in [5.74, 6) is 0.196. The van der Waals surface area contributed by atoms with E-state index in [0.29, 0.717) is 15.0 Å². The van der Waals surface area contributed by atoms with Gasteiger partial charge in [-0.25, -0.2) is 4.98 Å². The number of phenolic OH excluding ortho intramolecular Hbond substituents is 1. The number of benzene rings is 1. The van der Waals surface area contributed by atoms with Crippen molar-refractivity contribution < 1.29 is 5.11 Å². The van der Waals surface area contributed by atoms with Gasteiger partial charge in [-0.15, -0.1) is 0 Å². The molecule has 0 aliphatic heterocycles. The highest BCUT2D eigenvalue weighted by Crippen LogP contribution is 2.34. The van der Waals surface area contributed by atoms with Crippen molar-refractivity contribution >= 4 is 38.3 Å². The predicted molar refractivity (Wildman–Crippen MR) is 56.1 cm³/mol. The molecule has 1 N–H and O–H groups in total. The lowest BCUT2D eigenvalue weighted by molar-refractivity contribution is 0.478.